The van der Waals surface area contributed by atoms with Crippen molar-refractivity contribution in [3.05, 3.63) is 51.8 Å². The summed E-state index contributed by atoms with van der Waals surface area (Å²) in [5.74, 6) is 0.144. The number of carbonyl (C=O) groups excluding carboxylic acids is 1. The Hall–Kier alpha value is -1.27. The van der Waals surface area contributed by atoms with Gasteiger partial charge in [0, 0.05) is 45.8 Å². The molecule has 5 nitrogen and oxygen atoms in total. The van der Waals surface area contributed by atoms with Gasteiger partial charge in [-0.2, -0.15) is 5.10 Å². The average molecular weight is 404 g/mol. The molecule has 2 heterocycles. The largest absolute Gasteiger partial charge is 0.341 e. The van der Waals surface area contributed by atoms with Gasteiger partial charge in [0.05, 0.1) is 22.2 Å². The lowest BCUT2D eigenvalue weighted by Crippen LogP contribution is -2.35. The highest BCUT2D eigenvalue weighted by molar-refractivity contribution is 6.42. The smallest absolute Gasteiger partial charge is 0.227 e. The number of hydrogen-bond donors (Lipinski definition) is 1. The van der Waals surface area contributed by atoms with Crippen molar-refractivity contribution in [3.63, 3.8) is 0 Å². The van der Waals surface area contributed by atoms with Crippen LogP contribution in [-0.2, 0) is 18.4 Å². The summed E-state index contributed by atoms with van der Waals surface area (Å²) in [5.41, 5.74) is 1.94. The third-order valence-corrected chi connectivity index (χ3v) is 5.36. The van der Waals surface area contributed by atoms with E-state index in [1.54, 1.807) is 22.7 Å². The van der Waals surface area contributed by atoms with Gasteiger partial charge >= 0.3 is 0 Å². The van der Waals surface area contributed by atoms with Crippen molar-refractivity contribution < 1.29 is 4.79 Å². The van der Waals surface area contributed by atoms with Gasteiger partial charge in [-0.05, 0) is 17.2 Å². The molecule has 1 fully saturated rings. The zero-order valence-electron chi connectivity index (χ0n) is 14.1. The summed E-state index contributed by atoms with van der Waals surface area (Å²) in [6.45, 7) is 1.90. The van der Waals surface area contributed by atoms with Gasteiger partial charge in [0.2, 0.25) is 5.91 Å². The molecule has 1 aromatic carbocycles. The number of nitrogens with zero attached hydrogens (tertiary/aromatic N) is 3. The molecule has 0 bridgehead atoms. The minimum Gasteiger partial charge on any atom is -0.341 e. The van der Waals surface area contributed by atoms with Crippen LogP contribution in [0.25, 0.3) is 0 Å². The van der Waals surface area contributed by atoms with E-state index in [-0.39, 0.29) is 30.2 Å². The van der Waals surface area contributed by atoms with Gasteiger partial charge in [-0.25, -0.2) is 0 Å². The maximum atomic E-state index is 12.9. The Kier molecular flexibility index (Phi) is 6.74. The average Bonchev–Trinajstić information content (AvgIpc) is 3.19. The van der Waals surface area contributed by atoms with Crippen molar-refractivity contribution in [1.82, 2.24) is 20.0 Å². The third-order valence-electron chi connectivity index (χ3n) is 4.50. The molecule has 1 saturated heterocycles. The van der Waals surface area contributed by atoms with Crippen LogP contribution in [0.4, 0.5) is 0 Å². The molecule has 0 spiro atoms. The van der Waals surface area contributed by atoms with Crippen molar-refractivity contribution in [2.45, 2.75) is 12.5 Å². The molecule has 2 aromatic rings. The fourth-order valence-corrected chi connectivity index (χ4v) is 3.59. The van der Waals surface area contributed by atoms with E-state index in [2.05, 4.69) is 10.4 Å². The minimum atomic E-state index is -0.0999. The van der Waals surface area contributed by atoms with Gasteiger partial charge in [-0.3, -0.25) is 9.48 Å². The summed E-state index contributed by atoms with van der Waals surface area (Å²) < 4.78 is 1.77. The molecule has 25 heavy (non-hydrogen) atoms. The van der Waals surface area contributed by atoms with Gasteiger partial charge in [0.1, 0.15) is 0 Å². The predicted molar refractivity (Wildman–Crippen MR) is 102 cm³/mol. The molecule has 3 rings (SSSR count). The first-order chi connectivity index (χ1) is 11.5. The van der Waals surface area contributed by atoms with Gasteiger partial charge in [0.25, 0.3) is 0 Å². The summed E-state index contributed by atoms with van der Waals surface area (Å²) in [6.07, 6.45) is 3.82. The van der Waals surface area contributed by atoms with Gasteiger partial charge in [-0.1, -0.05) is 35.3 Å². The number of aromatic nitrogens is 2. The monoisotopic (exact) mass is 402 g/mol. The number of halogens is 3. The standard InChI is InChI=1S/C17H20Cl2N4O.ClH/c1-22(9-11-4-3-5-15(18)16(11)19)17(24)14-8-20-7-13(14)12-6-21-23(2)10-12;/h3-6,10,13-14,20H,7-9H2,1-2H3;1H/t13-,14+;/m1./s1. The summed E-state index contributed by atoms with van der Waals surface area (Å²) in [7, 11) is 3.69. The maximum absolute atomic E-state index is 12.9. The molecule has 0 unspecified atom stereocenters. The Morgan fingerprint density at radius 2 is 2.16 bits per heavy atom. The Bertz CT molecular complexity index is 749. The highest BCUT2D eigenvalue weighted by Crippen LogP contribution is 2.31. The zero-order chi connectivity index (χ0) is 17.3. The van der Waals surface area contributed by atoms with E-state index in [1.807, 2.05) is 31.6 Å². The molecule has 1 aliphatic heterocycles. The van der Waals surface area contributed by atoms with E-state index in [4.69, 9.17) is 23.2 Å². The van der Waals surface area contributed by atoms with Crippen LogP contribution in [0.2, 0.25) is 10.0 Å². The van der Waals surface area contributed by atoms with Gasteiger partial charge in [-0.15, -0.1) is 12.4 Å². The molecule has 0 radical (unpaired) electrons. The Balaban J connectivity index is 0.00000225. The number of hydrogen-bond acceptors (Lipinski definition) is 3. The fraction of sp³-hybridized carbons (Fsp3) is 0.412. The summed E-state index contributed by atoms with van der Waals surface area (Å²) >= 11 is 12.3. The van der Waals surface area contributed by atoms with Crippen molar-refractivity contribution >= 4 is 41.5 Å². The van der Waals surface area contributed by atoms with Crippen molar-refractivity contribution in [2.24, 2.45) is 13.0 Å². The van der Waals surface area contributed by atoms with E-state index in [0.717, 1.165) is 17.7 Å². The topological polar surface area (TPSA) is 50.2 Å². The normalized spacial score (nSPS) is 19.5. The van der Waals surface area contributed by atoms with E-state index < -0.39 is 0 Å². The molecule has 136 valence electrons. The SMILES string of the molecule is CN(Cc1cccc(Cl)c1Cl)C(=O)[C@H]1CNC[C@@H]1c1cnn(C)c1.Cl. The molecule has 1 aliphatic rings. The fourth-order valence-electron chi connectivity index (χ4n) is 3.21. The first kappa shape index (κ1) is 20.0. The Morgan fingerprint density at radius 3 is 2.84 bits per heavy atom. The first-order valence-electron chi connectivity index (χ1n) is 7.84. The van der Waals surface area contributed by atoms with Crippen LogP contribution >= 0.6 is 35.6 Å². The number of carbonyl (C=O) groups is 1. The summed E-state index contributed by atoms with van der Waals surface area (Å²) in [4.78, 5) is 14.6. The van der Waals surface area contributed by atoms with Crippen molar-refractivity contribution in [1.29, 1.82) is 0 Å². The van der Waals surface area contributed by atoms with Crippen molar-refractivity contribution in [2.75, 3.05) is 20.1 Å². The molecule has 0 saturated carbocycles. The lowest BCUT2D eigenvalue weighted by atomic mass is 9.90. The highest BCUT2D eigenvalue weighted by Gasteiger charge is 2.36. The van der Waals surface area contributed by atoms with E-state index in [9.17, 15) is 4.79 Å². The first-order valence-corrected chi connectivity index (χ1v) is 8.60. The number of nitrogens with one attached hydrogen (secondary N) is 1. The third kappa shape index (κ3) is 4.29. The second-order valence-electron chi connectivity index (χ2n) is 6.23. The molecule has 1 N–H and O–H groups in total. The van der Waals surface area contributed by atoms with Crippen LogP contribution in [-0.4, -0.2) is 40.7 Å². The van der Waals surface area contributed by atoms with Crippen LogP contribution in [0, 0.1) is 5.92 Å². The van der Waals surface area contributed by atoms with Crippen LogP contribution in [0.3, 0.4) is 0 Å². The number of rotatable bonds is 4. The molecule has 8 heteroatoms. The summed E-state index contributed by atoms with van der Waals surface area (Å²) in [6, 6.07) is 5.48. The molecule has 1 aromatic heterocycles. The van der Waals surface area contributed by atoms with Crippen molar-refractivity contribution in [3.8, 4) is 0 Å². The Labute approximate surface area is 163 Å². The lowest BCUT2D eigenvalue weighted by molar-refractivity contribution is -0.134. The minimum absolute atomic E-state index is 0. The molecular weight excluding hydrogens is 383 g/mol. The molecular formula is C17H21Cl3N4O. The number of amides is 1. The van der Waals surface area contributed by atoms with Crippen LogP contribution in [0.1, 0.15) is 17.0 Å². The quantitative estimate of drug-likeness (QED) is 0.853. The number of aryl methyl sites for hydroxylation is 1. The maximum Gasteiger partial charge on any atom is 0.227 e. The van der Waals surface area contributed by atoms with Gasteiger partial charge < -0.3 is 10.2 Å². The zero-order valence-corrected chi connectivity index (χ0v) is 16.4. The second kappa shape index (κ2) is 8.41. The lowest BCUT2D eigenvalue weighted by Gasteiger charge is -2.24. The second-order valence-corrected chi connectivity index (χ2v) is 7.01. The van der Waals surface area contributed by atoms with Crippen LogP contribution in [0.15, 0.2) is 30.6 Å². The van der Waals surface area contributed by atoms with Crippen LogP contribution in [0.5, 0.6) is 0 Å². The number of benzene rings is 1. The van der Waals surface area contributed by atoms with E-state index in [1.165, 1.54) is 0 Å². The molecule has 2 atom stereocenters. The summed E-state index contributed by atoms with van der Waals surface area (Å²) in [5, 5.41) is 8.55. The highest BCUT2D eigenvalue weighted by atomic mass is 35.5. The molecule has 1 amide bonds. The Morgan fingerprint density at radius 1 is 1.40 bits per heavy atom. The van der Waals surface area contributed by atoms with E-state index in [0.29, 0.717) is 23.1 Å². The van der Waals surface area contributed by atoms with Gasteiger partial charge in [0.15, 0.2) is 0 Å². The van der Waals surface area contributed by atoms with Crippen LogP contribution < -0.4 is 5.32 Å². The van der Waals surface area contributed by atoms with E-state index >= 15 is 0 Å². The predicted octanol–water partition coefficient (Wildman–Crippen LogP) is 3.11. The molecule has 0 aliphatic carbocycles.